The topological polar surface area (TPSA) is 41.7 Å². The number of hydrogen-bond donors (Lipinski definition) is 1. The van der Waals surface area contributed by atoms with Crippen molar-refractivity contribution in [2.45, 2.75) is 6.17 Å². The summed E-state index contributed by atoms with van der Waals surface area (Å²) in [6, 6.07) is 92.0. The summed E-state index contributed by atoms with van der Waals surface area (Å²) in [7, 11) is 0. The first kappa shape index (κ1) is 41.8. The van der Waals surface area contributed by atoms with Crippen molar-refractivity contribution >= 4 is 75.8 Å². The van der Waals surface area contributed by atoms with E-state index in [9.17, 15) is 0 Å². The molecule has 72 heavy (non-hydrogen) atoms. The van der Waals surface area contributed by atoms with Crippen LogP contribution in [0.1, 0.15) is 22.9 Å². The van der Waals surface area contributed by atoms with Crippen LogP contribution in [0.5, 0.6) is 0 Å². The molecule has 1 atom stereocenters. The molecular weight excluding hydrogens is 893 g/mol. The number of benzene rings is 11. The molecule has 3 heterocycles. The predicted octanol–water partition coefficient (Wildman–Crippen LogP) is 17.5. The first-order chi connectivity index (χ1) is 35.7. The van der Waals surface area contributed by atoms with Gasteiger partial charge in [-0.15, -0.1) is 11.3 Å². The summed E-state index contributed by atoms with van der Waals surface area (Å²) in [5.74, 6) is 1.45. The van der Waals surface area contributed by atoms with Gasteiger partial charge in [-0.05, 0) is 97.7 Å². The quantitative estimate of drug-likeness (QED) is 0.162. The van der Waals surface area contributed by atoms with Gasteiger partial charge in [0.1, 0.15) is 12.0 Å². The van der Waals surface area contributed by atoms with Crippen molar-refractivity contribution in [1.82, 2.24) is 9.88 Å². The van der Waals surface area contributed by atoms with Gasteiger partial charge in [-0.1, -0.05) is 212 Å². The van der Waals surface area contributed by atoms with Crippen molar-refractivity contribution in [2.75, 3.05) is 0 Å². The molecule has 0 bridgehead atoms. The first-order valence-corrected chi connectivity index (χ1v) is 25.3. The van der Waals surface area contributed by atoms with E-state index in [0.717, 1.165) is 72.6 Å². The Hall–Kier alpha value is -9.16. The highest BCUT2D eigenvalue weighted by atomic mass is 32.1. The van der Waals surface area contributed by atoms with Crippen LogP contribution in [0.4, 0.5) is 0 Å². The summed E-state index contributed by atoms with van der Waals surface area (Å²) in [6.45, 7) is 0. The third-order valence-electron chi connectivity index (χ3n) is 14.3. The molecule has 0 saturated heterocycles. The fourth-order valence-electron chi connectivity index (χ4n) is 10.9. The number of aliphatic imine (C=N–C) groups is 2. The number of aromatic nitrogens is 1. The molecule has 1 aliphatic rings. The molecule has 0 spiro atoms. The average Bonchev–Trinajstić information content (AvgIpc) is 4.00. The van der Waals surface area contributed by atoms with Gasteiger partial charge in [0.05, 0.1) is 16.7 Å². The minimum absolute atomic E-state index is 0.479. The van der Waals surface area contributed by atoms with Gasteiger partial charge in [0.15, 0.2) is 5.84 Å². The maximum absolute atomic E-state index is 5.59. The number of amidine groups is 2. The van der Waals surface area contributed by atoms with E-state index in [2.05, 4.69) is 265 Å². The number of hydrogen-bond acceptors (Lipinski definition) is 4. The molecule has 0 radical (unpaired) electrons. The average molecular weight is 937 g/mol. The van der Waals surface area contributed by atoms with E-state index in [1.165, 1.54) is 52.8 Å². The molecule has 1 aliphatic heterocycles. The van der Waals surface area contributed by atoms with Crippen molar-refractivity contribution in [3.63, 3.8) is 0 Å². The standard InChI is InChI=1S/C67H44N4S/c1-4-19-43(20-5-1)50-27-12-14-30-55(50)66-68-65(69-67(70-66)56-31-15-13-28-51(56)44-21-6-2-7-22-44)49-36-38-59(57(40-49)48-35-37-54-53-29-16-17-34-62(53)72-63(54)42-48)71-60-33-18-32-52(45-23-8-3-9-24-45)64(60)58-39-46-25-10-11-26-47(46)41-61(58)71/h1-42,65H,(H,68,69,70). The molecular formula is C67H44N4S. The summed E-state index contributed by atoms with van der Waals surface area (Å²) >= 11 is 1.85. The molecule has 1 unspecified atom stereocenters. The van der Waals surface area contributed by atoms with Gasteiger partial charge < -0.3 is 9.88 Å². The second-order valence-corrected chi connectivity index (χ2v) is 19.6. The maximum Gasteiger partial charge on any atom is 0.160 e. The Bertz CT molecular complexity index is 4300. The van der Waals surface area contributed by atoms with E-state index in [0.29, 0.717) is 5.84 Å². The fourth-order valence-corrected chi connectivity index (χ4v) is 12.0. The molecule has 5 heteroatoms. The van der Waals surface area contributed by atoms with Crippen LogP contribution >= 0.6 is 11.3 Å². The predicted molar refractivity (Wildman–Crippen MR) is 305 cm³/mol. The molecule has 0 amide bonds. The lowest BCUT2D eigenvalue weighted by molar-refractivity contribution is 0.674. The second kappa shape index (κ2) is 17.4. The number of rotatable bonds is 8. The molecule has 338 valence electrons. The minimum atomic E-state index is -0.479. The second-order valence-electron chi connectivity index (χ2n) is 18.5. The van der Waals surface area contributed by atoms with Crippen molar-refractivity contribution in [1.29, 1.82) is 0 Å². The molecule has 0 saturated carbocycles. The normalized spacial score (nSPS) is 13.7. The fraction of sp³-hybridized carbons (Fsp3) is 0.0149. The molecule has 2 aromatic heterocycles. The van der Waals surface area contributed by atoms with Gasteiger partial charge in [0.2, 0.25) is 0 Å². The van der Waals surface area contributed by atoms with Crippen LogP contribution in [0.3, 0.4) is 0 Å². The summed E-state index contributed by atoms with van der Waals surface area (Å²) in [6.07, 6.45) is -0.479. The summed E-state index contributed by atoms with van der Waals surface area (Å²) in [5.41, 5.74) is 15.5. The summed E-state index contributed by atoms with van der Waals surface area (Å²) < 4.78 is 5.04. The van der Waals surface area contributed by atoms with Gasteiger partial charge in [0, 0.05) is 47.6 Å². The van der Waals surface area contributed by atoms with Gasteiger partial charge >= 0.3 is 0 Å². The lowest BCUT2D eigenvalue weighted by Gasteiger charge is -2.26. The molecule has 4 nitrogen and oxygen atoms in total. The van der Waals surface area contributed by atoms with Crippen LogP contribution in [-0.4, -0.2) is 16.2 Å². The Labute approximate surface area is 421 Å². The Morgan fingerprint density at radius 1 is 0.375 bits per heavy atom. The molecule has 13 aromatic rings. The van der Waals surface area contributed by atoms with E-state index in [1.807, 2.05) is 11.3 Å². The number of thiophene rings is 1. The SMILES string of the molecule is c1ccc(-c2ccccc2C2=NC(c3ccc(-n4c5cc6ccccc6cc5c5c(-c6ccccc6)cccc54)c(-c4ccc5c(c4)sc4ccccc45)c3)NC(c3ccccc3-c3ccccc3)=N2)cc1. The first-order valence-electron chi connectivity index (χ1n) is 24.5. The van der Waals surface area contributed by atoms with Crippen LogP contribution in [0, 0.1) is 0 Å². The Balaban J connectivity index is 1.02. The van der Waals surface area contributed by atoms with E-state index in [4.69, 9.17) is 9.98 Å². The van der Waals surface area contributed by atoms with E-state index in [1.54, 1.807) is 0 Å². The molecule has 0 aliphatic carbocycles. The van der Waals surface area contributed by atoms with Gasteiger partial charge in [-0.3, -0.25) is 0 Å². The van der Waals surface area contributed by atoms with Crippen molar-refractivity contribution in [3.05, 3.63) is 271 Å². The third-order valence-corrected chi connectivity index (χ3v) is 15.4. The largest absolute Gasteiger partial charge is 0.344 e. The Kier molecular flexibility index (Phi) is 10.1. The highest BCUT2D eigenvalue weighted by Gasteiger charge is 2.27. The highest BCUT2D eigenvalue weighted by Crippen LogP contribution is 2.44. The van der Waals surface area contributed by atoms with Crippen LogP contribution in [0.15, 0.2) is 265 Å². The molecule has 11 aromatic carbocycles. The van der Waals surface area contributed by atoms with Gasteiger partial charge in [0.25, 0.3) is 0 Å². The third kappa shape index (κ3) is 7.13. The van der Waals surface area contributed by atoms with Crippen molar-refractivity contribution in [3.8, 4) is 50.2 Å². The van der Waals surface area contributed by atoms with Crippen LogP contribution < -0.4 is 5.32 Å². The monoisotopic (exact) mass is 936 g/mol. The highest BCUT2D eigenvalue weighted by molar-refractivity contribution is 7.25. The Morgan fingerprint density at radius 2 is 0.958 bits per heavy atom. The number of nitrogens with zero attached hydrogens (tertiary/aromatic N) is 3. The maximum atomic E-state index is 5.59. The van der Waals surface area contributed by atoms with Crippen molar-refractivity contribution < 1.29 is 0 Å². The lowest BCUT2D eigenvalue weighted by atomic mass is 9.96. The zero-order valence-electron chi connectivity index (χ0n) is 39.1. The zero-order valence-corrected chi connectivity index (χ0v) is 39.9. The zero-order chi connectivity index (χ0) is 47.5. The molecule has 14 rings (SSSR count). The summed E-state index contributed by atoms with van der Waals surface area (Å²) in [4.78, 5) is 11.0. The van der Waals surface area contributed by atoms with Crippen LogP contribution in [0.2, 0.25) is 0 Å². The Morgan fingerprint density at radius 3 is 1.69 bits per heavy atom. The van der Waals surface area contributed by atoms with Crippen LogP contribution in [0.25, 0.3) is 103 Å². The molecule has 1 N–H and O–H groups in total. The van der Waals surface area contributed by atoms with E-state index in [-0.39, 0.29) is 0 Å². The van der Waals surface area contributed by atoms with Gasteiger partial charge in [-0.2, -0.15) is 0 Å². The number of fused-ring (bicyclic) bond motifs is 7. The minimum Gasteiger partial charge on any atom is -0.344 e. The summed E-state index contributed by atoms with van der Waals surface area (Å²) in [5, 5.41) is 11.3. The molecule has 0 fully saturated rings. The smallest absolute Gasteiger partial charge is 0.160 e. The number of nitrogens with one attached hydrogen (secondary N) is 1. The van der Waals surface area contributed by atoms with E-state index >= 15 is 0 Å². The van der Waals surface area contributed by atoms with Gasteiger partial charge in [-0.25, -0.2) is 9.98 Å². The van der Waals surface area contributed by atoms with Crippen molar-refractivity contribution in [2.24, 2.45) is 9.98 Å². The van der Waals surface area contributed by atoms with Crippen LogP contribution in [-0.2, 0) is 0 Å². The lowest BCUT2D eigenvalue weighted by Crippen LogP contribution is -2.34. The van der Waals surface area contributed by atoms with E-state index < -0.39 is 6.17 Å².